The van der Waals surface area contributed by atoms with E-state index in [1.165, 1.54) is 25.7 Å². The van der Waals surface area contributed by atoms with Gasteiger partial charge in [0.15, 0.2) is 5.82 Å². The van der Waals surface area contributed by atoms with Crippen LogP contribution in [-0.2, 0) is 0 Å². The number of aliphatic imine (C=N–C) groups is 1. The molecule has 0 spiro atoms. The molecular formula is C13H19N3O. The molecule has 2 rings (SSSR count). The average molecular weight is 233 g/mol. The molecule has 17 heavy (non-hydrogen) atoms. The summed E-state index contributed by atoms with van der Waals surface area (Å²) in [6.45, 7) is 4.09. The molecule has 0 radical (unpaired) electrons. The summed E-state index contributed by atoms with van der Waals surface area (Å²) in [6.07, 6.45) is 6.87. The van der Waals surface area contributed by atoms with Crippen molar-refractivity contribution in [3.8, 4) is 0 Å². The number of nitrogens with zero attached hydrogens (tertiary/aromatic N) is 2. The third-order valence-corrected chi connectivity index (χ3v) is 3.02. The maximum absolute atomic E-state index is 11.2. The number of aromatic nitrogens is 1. The highest BCUT2D eigenvalue weighted by atomic mass is 16.1. The largest absolute Gasteiger partial charge is 0.363 e. The van der Waals surface area contributed by atoms with Crippen molar-refractivity contribution in [2.24, 2.45) is 4.99 Å². The smallest absolute Gasteiger partial charge is 0.249 e. The molecule has 0 saturated carbocycles. The van der Waals surface area contributed by atoms with Crippen molar-refractivity contribution < 1.29 is 0 Å². The molecule has 1 aliphatic rings. The number of hydrogen-bond donors (Lipinski definition) is 1. The van der Waals surface area contributed by atoms with Crippen LogP contribution in [0.1, 0.15) is 32.6 Å². The Morgan fingerprint density at radius 1 is 1.35 bits per heavy atom. The van der Waals surface area contributed by atoms with Crippen molar-refractivity contribution in [2.45, 2.75) is 32.6 Å². The summed E-state index contributed by atoms with van der Waals surface area (Å²) in [7, 11) is 0. The Hall–Kier alpha value is -1.58. The second kappa shape index (κ2) is 5.66. The van der Waals surface area contributed by atoms with E-state index in [4.69, 9.17) is 0 Å². The van der Waals surface area contributed by atoms with Crippen molar-refractivity contribution >= 4 is 17.7 Å². The number of aromatic amines is 1. The first kappa shape index (κ1) is 11.9. The second-order valence-corrected chi connectivity index (χ2v) is 4.37. The summed E-state index contributed by atoms with van der Waals surface area (Å²) in [6, 6.07) is 3.43. The summed E-state index contributed by atoms with van der Waals surface area (Å²) in [5.74, 6) is 0.694. The van der Waals surface area contributed by atoms with E-state index in [1.54, 1.807) is 6.07 Å². The van der Waals surface area contributed by atoms with Crippen LogP contribution in [0.2, 0.25) is 0 Å². The summed E-state index contributed by atoms with van der Waals surface area (Å²) >= 11 is 0. The number of nitrogens with one attached hydrogen (secondary N) is 1. The Morgan fingerprint density at radius 3 is 3.06 bits per heavy atom. The summed E-state index contributed by atoms with van der Waals surface area (Å²) < 4.78 is 0. The van der Waals surface area contributed by atoms with Crippen molar-refractivity contribution in [3.05, 3.63) is 22.5 Å². The predicted octanol–water partition coefficient (Wildman–Crippen LogP) is 2.48. The molecule has 1 aromatic heterocycles. The maximum Gasteiger partial charge on any atom is 0.249 e. The van der Waals surface area contributed by atoms with Gasteiger partial charge in [-0.05, 0) is 12.5 Å². The molecule has 4 nitrogen and oxygen atoms in total. The Bertz CT molecular complexity index is 450. The molecule has 92 valence electrons. The molecule has 0 aliphatic carbocycles. The van der Waals surface area contributed by atoms with E-state index in [1.807, 2.05) is 12.3 Å². The zero-order valence-electron chi connectivity index (χ0n) is 10.3. The first-order valence-electron chi connectivity index (χ1n) is 6.32. The number of hydrogen-bond acceptors (Lipinski definition) is 3. The third-order valence-electron chi connectivity index (χ3n) is 3.02. The van der Waals surface area contributed by atoms with Gasteiger partial charge >= 0.3 is 0 Å². The van der Waals surface area contributed by atoms with Gasteiger partial charge in [0, 0.05) is 18.8 Å². The highest BCUT2D eigenvalue weighted by Crippen LogP contribution is 2.27. The fourth-order valence-corrected chi connectivity index (χ4v) is 2.08. The van der Waals surface area contributed by atoms with Crippen LogP contribution in [-0.4, -0.2) is 24.3 Å². The maximum atomic E-state index is 11.2. The number of rotatable bonds is 5. The molecule has 0 bridgehead atoms. The van der Waals surface area contributed by atoms with E-state index in [2.05, 4.69) is 21.8 Å². The highest BCUT2D eigenvalue weighted by molar-refractivity contribution is 5.79. The molecule has 0 unspecified atom stereocenters. The fourth-order valence-electron chi connectivity index (χ4n) is 2.08. The molecule has 2 heterocycles. The van der Waals surface area contributed by atoms with E-state index in [0.717, 1.165) is 18.8 Å². The van der Waals surface area contributed by atoms with E-state index in [-0.39, 0.29) is 5.56 Å². The van der Waals surface area contributed by atoms with Crippen LogP contribution >= 0.6 is 0 Å². The topological polar surface area (TPSA) is 48.5 Å². The Kier molecular flexibility index (Phi) is 3.96. The molecular weight excluding hydrogens is 214 g/mol. The van der Waals surface area contributed by atoms with Gasteiger partial charge in [-0.25, -0.2) is 4.99 Å². The van der Waals surface area contributed by atoms with Crippen LogP contribution in [0.25, 0.3) is 0 Å². The van der Waals surface area contributed by atoms with Crippen LogP contribution in [0.5, 0.6) is 0 Å². The van der Waals surface area contributed by atoms with Crippen LogP contribution in [0.3, 0.4) is 0 Å². The molecule has 1 aliphatic heterocycles. The molecule has 0 amide bonds. The van der Waals surface area contributed by atoms with Gasteiger partial charge in [0.05, 0.1) is 12.2 Å². The minimum absolute atomic E-state index is 0.0891. The molecule has 0 saturated heterocycles. The average Bonchev–Trinajstić information content (AvgIpc) is 2.34. The number of fused-ring (bicyclic) bond motifs is 1. The van der Waals surface area contributed by atoms with Crippen molar-refractivity contribution in [1.29, 1.82) is 0 Å². The van der Waals surface area contributed by atoms with Crippen LogP contribution in [0, 0.1) is 0 Å². The lowest BCUT2D eigenvalue weighted by molar-refractivity contribution is 0.655. The van der Waals surface area contributed by atoms with Crippen LogP contribution in [0.15, 0.2) is 21.9 Å². The standard InChI is InChI=1S/C13H19N3O/c1-2-3-4-5-9-16-10-8-14-13-11(16)6-7-12(17)15-13/h6-8H,2-5,9-10H2,1H3,(H,15,17). The van der Waals surface area contributed by atoms with Crippen LogP contribution < -0.4 is 10.5 Å². The Balaban J connectivity index is 2.02. The summed E-state index contributed by atoms with van der Waals surface area (Å²) in [4.78, 5) is 20.5. The molecule has 4 heteroatoms. The SMILES string of the molecule is CCCCCCN1CC=Nc2[nH]c(=O)ccc21. The van der Waals surface area contributed by atoms with Gasteiger partial charge in [-0.2, -0.15) is 0 Å². The highest BCUT2D eigenvalue weighted by Gasteiger charge is 2.13. The fraction of sp³-hybridized carbons (Fsp3) is 0.538. The van der Waals surface area contributed by atoms with Crippen LogP contribution in [0.4, 0.5) is 11.5 Å². The van der Waals surface area contributed by atoms with E-state index >= 15 is 0 Å². The van der Waals surface area contributed by atoms with Gasteiger partial charge < -0.3 is 9.88 Å². The summed E-state index contributed by atoms with van der Waals surface area (Å²) in [5.41, 5.74) is 0.956. The molecule has 1 aromatic rings. The van der Waals surface area contributed by atoms with Gasteiger partial charge in [-0.15, -0.1) is 0 Å². The molecule has 0 aromatic carbocycles. The molecule has 0 fully saturated rings. The van der Waals surface area contributed by atoms with Gasteiger partial charge in [0.25, 0.3) is 0 Å². The van der Waals surface area contributed by atoms with Gasteiger partial charge in [0.2, 0.25) is 5.56 Å². The Labute approximate surface area is 101 Å². The number of unbranched alkanes of at least 4 members (excludes halogenated alkanes) is 3. The van der Waals surface area contributed by atoms with Crippen molar-refractivity contribution in [3.63, 3.8) is 0 Å². The normalized spacial score (nSPS) is 13.8. The second-order valence-electron chi connectivity index (χ2n) is 4.37. The zero-order valence-corrected chi connectivity index (χ0v) is 10.3. The minimum atomic E-state index is -0.0891. The van der Waals surface area contributed by atoms with Gasteiger partial charge in [0.1, 0.15) is 0 Å². The van der Waals surface area contributed by atoms with E-state index < -0.39 is 0 Å². The van der Waals surface area contributed by atoms with E-state index in [9.17, 15) is 4.79 Å². The number of anilines is 1. The molecule has 1 N–H and O–H groups in total. The number of pyridine rings is 1. The van der Waals surface area contributed by atoms with Crippen molar-refractivity contribution in [1.82, 2.24) is 4.98 Å². The van der Waals surface area contributed by atoms with Gasteiger partial charge in [-0.3, -0.25) is 4.79 Å². The lowest BCUT2D eigenvalue weighted by Crippen LogP contribution is -2.29. The number of H-pyrrole nitrogens is 1. The predicted molar refractivity (Wildman–Crippen MR) is 71.6 cm³/mol. The first-order valence-corrected chi connectivity index (χ1v) is 6.32. The lowest BCUT2D eigenvalue weighted by Gasteiger charge is -2.26. The minimum Gasteiger partial charge on any atom is -0.363 e. The lowest BCUT2D eigenvalue weighted by atomic mass is 10.2. The zero-order chi connectivity index (χ0) is 12.1. The van der Waals surface area contributed by atoms with Gasteiger partial charge in [-0.1, -0.05) is 26.2 Å². The third kappa shape index (κ3) is 2.96. The monoisotopic (exact) mass is 233 g/mol. The molecule has 0 atom stereocenters. The first-order chi connectivity index (χ1) is 8.31. The quantitative estimate of drug-likeness (QED) is 0.794. The summed E-state index contributed by atoms with van der Waals surface area (Å²) in [5, 5.41) is 0. The van der Waals surface area contributed by atoms with E-state index in [0.29, 0.717) is 5.82 Å². The van der Waals surface area contributed by atoms with Crippen molar-refractivity contribution in [2.75, 3.05) is 18.0 Å². The Morgan fingerprint density at radius 2 is 2.24 bits per heavy atom.